The Kier molecular flexibility index (Phi) is 2.55. The van der Waals surface area contributed by atoms with Gasteiger partial charge in [0.25, 0.3) is 0 Å². The van der Waals surface area contributed by atoms with Gasteiger partial charge in [0.05, 0.1) is 5.41 Å². The van der Waals surface area contributed by atoms with Crippen LogP contribution in [0.1, 0.15) is 17.5 Å². The minimum atomic E-state index is -1.18. The van der Waals surface area contributed by atoms with Gasteiger partial charge in [0, 0.05) is 24.7 Å². The number of carbonyl (C=O) groups excluding carboxylic acids is 1. The fourth-order valence-electron chi connectivity index (χ4n) is 5.39. The number of ether oxygens (including phenoxy) is 1. The maximum Gasteiger partial charge on any atom is 0.196 e. The van der Waals surface area contributed by atoms with Crippen LogP contribution in [-0.2, 0) is 16.6 Å². The average molecular weight is 325 g/mol. The molecule has 0 aromatic heterocycles. The number of carbonyl (C=O) groups is 1. The number of phenols is 1. The summed E-state index contributed by atoms with van der Waals surface area (Å²) in [5.74, 6) is 0.280. The van der Waals surface area contributed by atoms with Crippen molar-refractivity contribution in [1.82, 2.24) is 4.90 Å². The highest BCUT2D eigenvalue weighted by Gasteiger charge is 2.71. The predicted octanol–water partition coefficient (Wildman–Crippen LogP) is 1.08. The van der Waals surface area contributed by atoms with E-state index < -0.39 is 17.1 Å². The number of hydrogen-bond donors (Lipinski definition) is 2. The molecule has 5 heteroatoms. The third-order valence-corrected chi connectivity index (χ3v) is 6.35. The summed E-state index contributed by atoms with van der Waals surface area (Å²) < 4.78 is 5.93. The lowest BCUT2D eigenvalue weighted by molar-refractivity contribution is -0.153. The number of rotatable bonds is 2. The maximum absolute atomic E-state index is 12.5. The van der Waals surface area contributed by atoms with E-state index in [0.29, 0.717) is 25.1 Å². The van der Waals surface area contributed by atoms with Crippen molar-refractivity contribution >= 4 is 5.78 Å². The molecule has 2 N–H and O–H groups in total. The summed E-state index contributed by atoms with van der Waals surface area (Å²) in [5.41, 5.74) is -0.0964. The third-order valence-electron chi connectivity index (χ3n) is 6.35. The summed E-state index contributed by atoms with van der Waals surface area (Å²) in [5, 5.41) is 22.0. The Morgan fingerprint density at radius 1 is 1.46 bits per heavy atom. The van der Waals surface area contributed by atoms with E-state index in [9.17, 15) is 15.0 Å². The molecule has 0 radical (unpaired) electrons. The third kappa shape index (κ3) is 1.34. The highest BCUT2D eigenvalue weighted by molar-refractivity contribution is 5.99. The second kappa shape index (κ2) is 4.29. The maximum atomic E-state index is 12.5. The van der Waals surface area contributed by atoms with Crippen molar-refractivity contribution in [3.05, 3.63) is 48.1 Å². The topological polar surface area (TPSA) is 70.0 Å². The van der Waals surface area contributed by atoms with E-state index in [0.717, 1.165) is 17.7 Å². The van der Waals surface area contributed by atoms with Crippen LogP contribution in [0.15, 0.2) is 36.9 Å². The Hall–Kier alpha value is -2.11. The first-order chi connectivity index (χ1) is 11.5. The zero-order valence-corrected chi connectivity index (χ0v) is 13.2. The summed E-state index contributed by atoms with van der Waals surface area (Å²) >= 11 is 0. The first-order valence-corrected chi connectivity index (χ1v) is 8.35. The van der Waals surface area contributed by atoms with Crippen LogP contribution in [0.3, 0.4) is 0 Å². The number of piperidine rings is 1. The van der Waals surface area contributed by atoms with Crippen molar-refractivity contribution in [1.29, 1.82) is 0 Å². The van der Waals surface area contributed by atoms with Crippen LogP contribution < -0.4 is 4.74 Å². The molecule has 0 saturated carbocycles. The van der Waals surface area contributed by atoms with Crippen molar-refractivity contribution in [2.45, 2.75) is 36.0 Å². The Bertz CT molecular complexity index is 816. The van der Waals surface area contributed by atoms with Gasteiger partial charge in [-0.3, -0.25) is 9.69 Å². The number of benzene rings is 1. The van der Waals surface area contributed by atoms with Crippen LogP contribution in [0.2, 0.25) is 0 Å². The number of hydrogen-bond acceptors (Lipinski definition) is 5. The number of phenolic OH excluding ortho intramolecular Hbond substituents is 1. The van der Waals surface area contributed by atoms with Crippen molar-refractivity contribution < 1.29 is 19.7 Å². The van der Waals surface area contributed by atoms with E-state index in [1.165, 1.54) is 6.08 Å². The molecule has 1 saturated heterocycles. The molecule has 1 fully saturated rings. The molecular weight excluding hydrogens is 306 g/mol. The van der Waals surface area contributed by atoms with E-state index in [1.54, 1.807) is 12.1 Å². The Labute approximate surface area is 139 Å². The molecule has 1 aromatic rings. The molecule has 2 aliphatic carbocycles. The highest BCUT2D eigenvalue weighted by atomic mass is 16.5. The molecule has 1 spiro atoms. The smallest absolute Gasteiger partial charge is 0.196 e. The normalized spacial score (nSPS) is 38.6. The molecule has 5 rings (SSSR count). The predicted molar refractivity (Wildman–Crippen MR) is 87.2 cm³/mol. The van der Waals surface area contributed by atoms with Gasteiger partial charge in [-0.25, -0.2) is 0 Å². The van der Waals surface area contributed by atoms with Gasteiger partial charge in [0.2, 0.25) is 0 Å². The molecular formula is C19H19NO4. The SMILES string of the molecule is C=CCN1CCC23c4c5ccc(O)c4OC2C(=O)C=CC3(O)C1C5. The summed E-state index contributed by atoms with van der Waals surface area (Å²) in [4.78, 5) is 14.8. The van der Waals surface area contributed by atoms with Crippen LogP contribution in [0, 0.1) is 0 Å². The van der Waals surface area contributed by atoms with Gasteiger partial charge in [-0.05, 0) is 36.6 Å². The largest absolute Gasteiger partial charge is 0.504 e. The van der Waals surface area contributed by atoms with Crippen molar-refractivity contribution in [3.8, 4) is 11.5 Å². The van der Waals surface area contributed by atoms with E-state index in [4.69, 9.17) is 4.74 Å². The Balaban J connectivity index is 1.83. The van der Waals surface area contributed by atoms with Crippen LogP contribution in [0.5, 0.6) is 11.5 Å². The van der Waals surface area contributed by atoms with Gasteiger partial charge in [0.15, 0.2) is 23.4 Å². The summed E-state index contributed by atoms with van der Waals surface area (Å²) in [6, 6.07) is 3.38. The number of nitrogens with zero attached hydrogens (tertiary/aromatic N) is 1. The van der Waals surface area contributed by atoms with Gasteiger partial charge in [0.1, 0.15) is 5.60 Å². The lowest BCUT2D eigenvalue weighted by Gasteiger charge is -2.60. The summed E-state index contributed by atoms with van der Waals surface area (Å²) in [6.45, 7) is 5.28. The summed E-state index contributed by atoms with van der Waals surface area (Å²) in [6.07, 6.45) is 5.46. The van der Waals surface area contributed by atoms with E-state index in [2.05, 4.69) is 11.5 Å². The molecule has 4 unspecified atom stereocenters. The zero-order valence-electron chi connectivity index (χ0n) is 13.2. The van der Waals surface area contributed by atoms with Gasteiger partial charge in [-0.15, -0.1) is 6.58 Å². The molecule has 24 heavy (non-hydrogen) atoms. The molecule has 124 valence electrons. The average Bonchev–Trinajstić information content (AvgIpc) is 2.91. The van der Waals surface area contributed by atoms with E-state index in [1.807, 2.05) is 12.1 Å². The minimum Gasteiger partial charge on any atom is -0.504 e. The molecule has 4 aliphatic rings. The fraction of sp³-hybridized carbons (Fsp3) is 0.421. The van der Waals surface area contributed by atoms with E-state index >= 15 is 0 Å². The molecule has 5 nitrogen and oxygen atoms in total. The zero-order chi connectivity index (χ0) is 16.7. The Morgan fingerprint density at radius 2 is 2.29 bits per heavy atom. The quantitative estimate of drug-likeness (QED) is 0.796. The lowest BCUT2D eigenvalue weighted by atomic mass is 9.51. The second-order valence-electron chi connectivity index (χ2n) is 7.23. The van der Waals surface area contributed by atoms with Gasteiger partial charge >= 0.3 is 0 Å². The first-order valence-electron chi connectivity index (χ1n) is 8.35. The van der Waals surface area contributed by atoms with Gasteiger partial charge < -0.3 is 14.9 Å². The van der Waals surface area contributed by atoms with Crippen molar-refractivity contribution in [2.75, 3.05) is 13.1 Å². The first kappa shape index (κ1) is 14.3. The molecule has 2 heterocycles. The second-order valence-corrected chi connectivity index (χ2v) is 7.23. The highest BCUT2D eigenvalue weighted by Crippen LogP contribution is 2.63. The van der Waals surface area contributed by atoms with E-state index in [-0.39, 0.29) is 17.6 Å². The van der Waals surface area contributed by atoms with Crippen LogP contribution in [0.25, 0.3) is 0 Å². The number of likely N-dealkylation sites (tertiary alicyclic amines) is 1. The lowest BCUT2D eigenvalue weighted by Crippen LogP contribution is -2.75. The number of aliphatic hydroxyl groups is 1. The number of ketones is 1. The molecule has 2 bridgehead atoms. The van der Waals surface area contributed by atoms with Crippen LogP contribution >= 0.6 is 0 Å². The van der Waals surface area contributed by atoms with Crippen LogP contribution in [-0.4, -0.2) is 51.7 Å². The molecule has 2 aliphatic heterocycles. The minimum absolute atomic E-state index is 0.0413. The monoisotopic (exact) mass is 325 g/mol. The van der Waals surface area contributed by atoms with Gasteiger partial charge in [-0.1, -0.05) is 12.1 Å². The molecule has 4 atom stereocenters. The van der Waals surface area contributed by atoms with Crippen LogP contribution in [0.4, 0.5) is 0 Å². The number of aromatic hydroxyl groups is 1. The fourth-order valence-corrected chi connectivity index (χ4v) is 5.39. The standard InChI is InChI=1S/C19H19NO4/c1-2-8-20-9-7-18-15-11-3-4-12(21)16(15)24-17(18)13(22)5-6-19(18,23)14(20)10-11/h2-6,14,17,21,23H,1,7-10H2. The van der Waals surface area contributed by atoms with Gasteiger partial charge in [-0.2, -0.15) is 0 Å². The molecule has 1 aromatic carbocycles. The Morgan fingerprint density at radius 3 is 3.08 bits per heavy atom. The van der Waals surface area contributed by atoms with Crippen molar-refractivity contribution in [2.24, 2.45) is 0 Å². The molecule has 0 amide bonds. The summed E-state index contributed by atoms with van der Waals surface area (Å²) in [7, 11) is 0. The van der Waals surface area contributed by atoms with Crippen molar-refractivity contribution in [3.63, 3.8) is 0 Å².